The third kappa shape index (κ3) is 3.72. The summed E-state index contributed by atoms with van der Waals surface area (Å²) >= 11 is 1.63. The third-order valence-corrected chi connectivity index (χ3v) is 3.56. The molecule has 0 aliphatic heterocycles. The Labute approximate surface area is 110 Å². The van der Waals surface area contributed by atoms with Gasteiger partial charge in [-0.05, 0) is 18.2 Å². The first-order chi connectivity index (χ1) is 8.78. The molecule has 0 fully saturated rings. The average Bonchev–Trinajstić information content (AvgIpc) is 3.01. The highest BCUT2D eigenvalue weighted by atomic mass is 32.1. The van der Waals surface area contributed by atoms with Gasteiger partial charge in [0.25, 0.3) is 0 Å². The van der Waals surface area contributed by atoms with Crippen LogP contribution in [0.4, 0.5) is 0 Å². The fourth-order valence-electron chi connectivity index (χ4n) is 1.55. The van der Waals surface area contributed by atoms with Gasteiger partial charge >= 0.3 is 5.97 Å². The molecule has 5 heteroatoms. The van der Waals surface area contributed by atoms with Crippen LogP contribution in [0.3, 0.4) is 0 Å². The van der Waals surface area contributed by atoms with Crippen LogP contribution >= 0.6 is 11.3 Å². The fourth-order valence-corrected chi connectivity index (χ4v) is 2.52. The minimum Gasteiger partial charge on any atom is -0.472 e. The van der Waals surface area contributed by atoms with E-state index in [1.807, 2.05) is 18.2 Å². The zero-order valence-electron chi connectivity index (χ0n) is 10.1. The van der Waals surface area contributed by atoms with Crippen molar-refractivity contribution < 1.29 is 13.9 Å². The van der Waals surface area contributed by atoms with Gasteiger partial charge in [-0.25, -0.2) is 0 Å². The monoisotopic (exact) mass is 265 g/mol. The first-order valence-corrected chi connectivity index (χ1v) is 6.46. The molecule has 0 aromatic carbocycles. The standard InChI is InChI=1S/C13H15NO3S/c1-16-13(15)6-11-2-3-12(18-11)8-14-7-10-4-5-17-9-10/h2-5,9,14H,6-8H2,1H3. The lowest BCUT2D eigenvalue weighted by atomic mass is 10.3. The van der Waals surface area contributed by atoms with E-state index >= 15 is 0 Å². The minimum atomic E-state index is -0.199. The lowest BCUT2D eigenvalue weighted by Gasteiger charge is -2.00. The van der Waals surface area contributed by atoms with Crippen molar-refractivity contribution in [2.24, 2.45) is 0 Å². The van der Waals surface area contributed by atoms with Crippen LogP contribution in [-0.2, 0) is 29.0 Å². The predicted molar refractivity (Wildman–Crippen MR) is 69.3 cm³/mol. The number of hydrogen-bond acceptors (Lipinski definition) is 5. The SMILES string of the molecule is COC(=O)Cc1ccc(CNCc2ccoc2)s1. The summed E-state index contributed by atoms with van der Waals surface area (Å²) in [6.45, 7) is 1.57. The van der Waals surface area contributed by atoms with Gasteiger partial charge in [0.05, 0.1) is 26.1 Å². The third-order valence-electron chi connectivity index (χ3n) is 2.47. The van der Waals surface area contributed by atoms with Crippen LogP contribution in [0.5, 0.6) is 0 Å². The van der Waals surface area contributed by atoms with Crippen molar-refractivity contribution in [1.82, 2.24) is 5.32 Å². The highest BCUT2D eigenvalue weighted by Gasteiger charge is 2.06. The van der Waals surface area contributed by atoms with Gasteiger partial charge in [0.1, 0.15) is 0 Å². The molecule has 1 N–H and O–H groups in total. The molecule has 0 radical (unpaired) electrons. The summed E-state index contributed by atoms with van der Waals surface area (Å²) in [4.78, 5) is 13.4. The molecule has 0 bridgehead atoms. The zero-order valence-corrected chi connectivity index (χ0v) is 11.0. The molecule has 0 saturated carbocycles. The molecule has 0 unspecified atom stereocenters. The zero-order chi connectivity index (χ0) is 12.8. The molecular weight excluding hydrogens is 250 g/mol. The fraction of sp³-hybridized carbons (Fsp3) is 0.308. The number of nitrogens with one attached hydrogen (secondary N) is 1. The molecule has 0 aliphatic carbocycles. The smallest absolute Gasteiger partial charge is 0.310 e. The number of esters is 1. The molecule has 0 atom stereocenters. The second kappa shape index (κ2) is 6.37. The Balaban J connectivity index is 1.78. The Kier molecular flexibility index (Phi) is 4.55. The van der Waals surface area contributed by atoms with Gasteiger partial charge < -0.3 is 14.5 Å². The molecule has 2 aromatic rings. The average molecular weight is 265 g/mol. The van der Waals surface area contributed by atoms with Gasteiger partial charge in [-0.1, -0.05) is 0 Å². The number of hydrogen-bond donors (Lipinski definition) is 1. The van der Waals surface area contributed by atoms with Crippen molar-refractivity contribution in [3.8, 4) is 0 Å². The Hall–Kier alpha value is -1.59. The van der Waals surface area contributed by atoms with Crippen molar-refractivity contribution >= 4 is 17.3 Å². The molecule has 2 rings (SSSR count). The van der Waals surface area contributed by atoms with Gasteiger partial charge in [-0.2, -0.15) is 0 Å². The number of rotatable bonds is 6. The number of thiophene rings is 1. The van der Waals surface area contributed by atoms with E-state index in [0.717, 1.165) is 23.5 Å². The lowest BCUT2D eigenvalue weighted by molar-refractivity contribution is -0.139. The van der Waals surface area contributed by atoms with Gasteiger partial charge in [-0.3, -0.25) is 4.79 Å². The molecule has 4 nitrogen and oxygen atoms in total. The van der Waals surface area contributed by atoms with Crippen LogP contribution in [-0.4, -0.2) is 13.1 Å². The summed E-state index contributed by atoms with van der Waals surface area (Å²) in [6, 6.07) is 5.94. The number of methoxy groups -OCH3 is 1. The molecule has 0 saturated heterocycles. The van der Waals surface area contributed by atoms with Crippen LogP contribution in [0, 0.1) is 0 Å². The van der Waals surface area contributed by atoms with E-state index in [2.05, 4.69) is 10.1 Å². The van der Waals surface area contributed by atoms with Gasteiger partial charge in [0.2, 0.25) is 0 Å². The maximum absolute atomic E-state index is 11.1. The summed E-state index contributed by atoms with van der Waals surface area (Å²) < 4.78 is 9.62. The van der Waals surface area contributed by atoms with Crippen LogP contribution in [0.15, 0.2) is 35.1 Å². The topological polar surface area (TPSA) is 51.5 Å². The van der Waals surface area contributed by atoms with Crippen LogP contribution in [0.2, 0.25) is 0 Å². The number of carbonyl (C=O) groups excluding carboxylic acids is 1. The summed E-state index contributed by atoms with van der Waals surface area (Å²) in [6.07, 6.45) is 3.74. The molecular formula is C13H15NO3S. The van der Waals surface area contributed by atoms with Gasteiger partial charge in [0.15, 0.2) is 0 Å². The van der Waals surface area contributed by atoms with E-state index in [1.165, 1.54) is 12.0 Å². The highest BCUT2D eigenvalue weighted by molar-refractivity contribution is 7.12. The molecule has 2 aromatic heterocycles. The molecule has 0 aliphatic rings. The van der Waals surface area contributed by atoms with E-state index in [0.29, 0.717) is 6.42 Å². The summed E-state index contributed by atoms with van der Waals surface area (Å²) in [5, 5.41) is 3.32. The van der Waals surface area contributed by atoms with Crippen LogP contribution in [0.1, 0.15) is 15.3 Å². The van der Waals surface area contributed by atoms with Crippen molar-refractivity contribution in [3.05, 3.63) is 46.0 Å². The second-order valence-electron chi connectivity index (χ2n) is 3.86. The van der Waals surface area contributed by atoms with E-state index < -0.39 is 0 Å². The number of ether oxygens (including phenoxy) is 1. The van der Waals surface area contributed by atoms with E-state index in [1.54, 1.807) is 23.9 Å². The molecule has 0 spiro atoms. The predicted octanol–water partition coefficient (Wildman–Crippen LogP) is 2.35. The summed E-state index contributed by atoms with van der Waals surface area (Å²) in [7, 11) is 1.41. The van der Waals surface area contributed by atoms with Crippen molar-refractivity contribution in [1.29, 1.82) is 0 Å². The maximum Gasteiger partial charge on any atom is 0.310 e. The second-order valence-corrected chi connectivity index (χ2v) is 5.11. The van der Waals surface area contributed by atoms with E-state index in [9.17, 15) is 4.79 Å². The molecule has 2 heterocycles. The van der Waals surface area contributed by atoms with Crippen molar-refractivity contribution in [2.45, 2.75) is 19.5 Å². The van der Waals surface area contributed by atoms with E-state index in [4.69, 9.17) is 4.42 Å². The minimum absolute atomic E-state index is 0.199. The quantitative estimate of drug-likeness (QED) is 0.815. The Morgan fingerprint density at radius 3 is 2.89 bits per heavy atom. The largest absolute Gasteiger partial charge is 0.472 e. The Bertz CT molecular complexity index is 490. The van der Waals surface area contributed by atoms with Crippen LogP contribution < -0.4 is 5.32 Å². The molecule has 0 amide bonds. The first-order valence-electron chi connectivity index (χ1n) is 5.64. The normalized spacial score (nSPS) is 10.5. The van der Waals surface area contributed by atoms with Gasteiger partial charge in [-0.15, -0.1) is 11.3 Å². The lowest BCUT2D eigenvalue weighted by Crippen LogP contribution is -2.10. The Morgan fingerprint density at radius 2 is 2.17 bits per heavy atom. The van der Waals surface area contributed by atoms with Crippen molar-refractivity contribution in [3.63, 3.8) is 0 Å². The highest BCUT2D eigenvalue weighted by Crippen LogP contribution is 2.17. The van der Waals surface area contributed by atoms with Crippen LogP contribution in [0.25, 0.3) is 0 Å². The summed E-state index contributed by atoms with van der Waals surface area (Å²) in [5.41, 5.74) is 1.13. The van der Waals surface area contributed by atoms with Gasteiger partial charge in [0, 0.05) is 28.4 Å². The first kappa shape index (κ1) is 12.9. The van der Waals surface area contributed by atoms with E-state index in [-0.39, 0.29) is 5.97 Å². The maximum atomic E-state index is 11.1. The number of furan rings is 1. The molecule has 96 valence electrons. The number of carbonyl (C=O) groups is 1. The molecule has 18 heavy (non-hydrogen) atoms. The summed E-state index contributed by atoms with van der Waals surface area (Å²) in [5.74, 6) is -0.199. The van der Waals surface area contributed by atoms with Crippen molar-refractivity contribution in [2.75, 3.05) is 7.11 Å². The Morgan fingerprint density at radius 1 is 1.33 bits per heavy atom.